The van der Waals surface area contributed by atoms with Gasteiger partial charge in [0.15, 0.2) is 0 Å². The van der Waals surface area contributed by atoms with Gasteiger partial charge in [-0.1, -0.05) is 0 Å². The predicted octanol–water partition coefficient (Wildman–Crippen LogP) is -0.965. The van der Waals surface area contributed by atoms with Gasteiger partial charge in [0.25, 0.3) is 0 Å². The lowest BCUT2D eigenvalue weighted by Crippen LogP contribution is -2.44. The summed E-state index contributed by atoms with van der Waals surface area (Å²) in [7, 11) is 1.60. The molecule has 86 valence electrons. The molecule has 0 bridgehead atoms. The highest BCUT2D eigenvalue weighted by Crippen LogP contribution is 1.99. The number of methoxy groups -OCH3 is 1. The zero-order valence-electron chi connectivity index (χ0n) is 8.73. The molecule has 0 aliphatic carbocycles. The van der Waals surface area contributed by atoms with E-state index in [1.807, 2.05) is 0 Å². The highest BCUT2D eigenvalue weighted by molar-refractivity contribution is 5.90. The van der Waals surface area contributed by atoms with E-state index in [0.717, 1.165) is 0 Å². The fraction of sp³-hybridized carbons (Fsp3) is 0.778. The Kier molecular flexibility index (Phi) is 5.23. The second-order valence-electron chi connectivity index (χ2n) is 3.16. The van der Waals surface area contributed by atoms with Gasteiger partial charge in [0.1, 0.15) is 0 Å². The normalized spacial score (nSPS) is 17.9. The Bertz CT molecular complexity index is 215. The molecule has 1 aliphatic rings. The summed E-state index contributed by atoms with van der Waals surface area (Å²) in [5.74, 6) is -0.994. The molecular formula is C9H15NO5. The number of rotatable bonds is 6. The molecule has 1 rings (SSSR count). The topological polar surface area (TPSA) is 65.1 Å². The lowest BCUT2D eigenvalue weighted by Gasteiger charge is -2.23. The molecule has 0 aromatic rings. The molecule has 0 N–H and O–H groups in total. The zero-order chi connectivity index (χ0) is 11.1. The van der Waals surface area contributed by atoms with E-state index < -0.39 is 11.9 Å². The van der Waals surface area contributed by atoms with Crippen molar-refractivity contribution in [2.75, 3.05) is 46.6 Å². The van der Waals surface area contributed by atoms with Gasteiger partial charge in [-0.3, -0.25) is 14.5 Å². The first-order valence-corrected chi connectivity index (χ1v) is 4.75. The first-order valence-electron chi connectivity index (χ1n) is 4.75. The summed E-state index contributed by atoms with van der Waals surface area (Å²) in [5.41, 5.74) is 0. The lowest BCUT2D eigenvalue weighted by atomic mass is 10.4. The van der Waals surface area contributed by atoms with E-state index in [0.29, 0.717) is 26.4 Å². The molecule has 0 aromatic carbocycles. The van der Waals surface area contributed by atoms with Crippen LogP contribution in [0.2, 0.25) is 0 Å². The molecule has 0 unspecified atom stereocenters. The van der Waals surface area contributed by atoms with E-state index in [2.05, 4.69) is 4.74 Å². The number of carbonyl (C=O) groups is 2. The van der Waals surface area contributed by atoms with Crippen LogP contribution in [-0.4, -0.2) is 63.4 Å². The standard InChI is InChI=1S/C9H15NO5/c1-13-4-5-14-3-2-10-6-8(11)15-9(12)7-10/h2-7H2,1H3. The minimum atomic E-state index is -0.497. The van der Waals surface area contributed by atoms with Gasteiger partial charge in [0, 0.05) is 13.7 Å². The number of nitrogens with zero attached hydrogens (tertiary/aromatic N) is 1. The summed E-state index contributed by atoms with van der Waals surface area (Å²) in [4.78, 5) is 23.4. The highest BCUT2D eigenvalue weighted by atomic mass is 16.6. The monoisotopic (exact) mass is 217 g/mol. The number of hydrogen-bond acceptors (Lipinski definition) is 6. The number of cyclic esters (lactones) is 2. The van der Waals surface area contributed by atoms with Crippen molar-refractivity contribution in [1.29, 1.82) is 0 Å². The van der Waals surface area contributed by atoms with Crippen LogP contribution in [0.15, 0.2) is 0 Å². The number of esters is 2. The third-order valence-electron chi connectivity index (χ3n) is 1.92. The Balaban J connectivity index is 2.10. The molecular weight excluding hydrogens is 202 g/mol. The van der Waals surface area contributed by atoms with Gasteiger partial charge in [-0.2, -0.15) is 0 Å². The quantitative estimate of drug-likeness (QED) is 0.324. The van der Waals surface area contributed by atoms with E-state index in [1.165, 1.54) is 0 Å². The van der Waals surface area contributed by atoms with Gasteiger partial charge in [-0.15, -0.1) is 0 Å². The van der Waals surface area contributed by atoms with Crippen LogP contribution in [0.25, 0.3) is 0 Å². The second kappa shape index (κ2) is 6.49. The van der Waals surface area contributed by atoms with E-state index in [1.54, 1.807) is 12.0 Å². The second-order valence-corrected chi connectivity index (χ2v) is 3.16. The van der Waals surface area contributed by atoms with Crippen molar-refractivity contribution in [3.8, 4) is 0 Å². The van der Waals surface area contributed by atoms with E-state index in [4.69, 9.17) is 9.47 Å². The fourth-order valence-corrected chi connectivity index (χ4v) is 1.21. The van der Waals surface area contributed by atoms with Gasteiger partial charge in [-0.25, -0.2) is 0 Å². The van der Waals surface area contributed by atoms with Crippen molar-refractivity contribution >= 4 is 11.9 Å². The van der Waals surface area contributed by atoms with Crippen molar-refractivity contribution < 1.29 is 23.8 Å². The molecule has 6 heteroatoms. The maximum atomic E-state index is 10.9. The van der Waals surface area contributed by atoms with Crippen LogP contribution in [0.1, 0.15) is 0 Å². The van der Waals surface area contributed by atoms with Crippen LogP contribution in [0.4, 0.5) is 0 Å². The van der Waals surface area contributed by atoms with Crippen molar-refractivity contribution in [3.63, 3.8) is 0 Å². The molecule has 0 radical (unpaired) electrons. The smallest absolute Gasteiger partial charge is 0.327 e. The summed E-state index contributed by atoms with van der Waals surface area (Å²) in [6.45, 7) is 2.39. The van der Waals surface area contributed by atoms with Crippen molar-refractivity contribution in [1.82, 2.24) is 4.90 Å². The van der Waals surface area contributed by atoms with Gasteiger partial charge < -0.3 is 14.2 Å². The Labute approximate surface area is 88.1 Å². The molecule has 0 amide bonds. The van der Waals surface area contributed by atoms with E-state index in [-0.39, 0.29) is 13.1 Å². The molecule has 1 saturated heterocycles. The minimum Gasteiger partial charge on any atom is -0.391 e. The average Bonchev–Trinajstić information content (AvgIpc) is 2.16. The molecule has 1 aliphatic heterocycles. The third kappa shape index (κ3) is 4.87. The van der Waals surface area contributed by atoms with E-state index in [9.17, 15) is 9.59 Å². The molecule has 1 fully saturated rings. The minimum absolute atomic E-state index is 0.152. The molecule has 0 aromatic heterocycles. The summed E-state index contributed by atoms with van der Waals surface area (Å²) < 4.78 is 14.4. The Morgan fingerprint density at radius 2 is 1.87 bits per heavy atom. The molecule has 0 atom stereocenters. The van der Waals surface area contributed by atoms with Crippen LogP contribution in [-0.2, 0) is 23.8 Å². The lowest BCUT2D eigenvalue weighted by molar-refractivity contribution is -0.167. The van der Waals surface area contributed by atoms with Crippen molar-refractivity contribution in [3.05, 3.63) is 0 Å². The first-order chi connectivity index (χ1) is 7.22. The zero-order valence-corrected chi connectivity index (χ0v) is 8.73. The Morgan fingerprint density at radius 1 is 1.20 bits per heavy atom. The van der Waals surface area contributed by atoms with Gasteiger partial charge >= 0.3 is 11.9 Å². The van der Waals surface area contributed by atoms with Crippen molar-refractivity contribution in [2.45, 2.75) is 0 Å². The molecule has 15 heavy (non-hydrogen) atoms. The third-order valence-corrected chi connectivity index (χ3v) is 1.92. The first kappa shape index (κ1) is 12.1. The summed E-state index contributed by atoms with van der Waals surface area (Å²) in [6, 6.07) is 0. The number of ether oxygens (including phenoxy) is 3. The predicted molar refractivity (Wildman–Crippen MR) is 50.2 cm³/mol. The highest BCUT2D eigenvalue weighted by Gasteiger charge is 2.23. The Morgan fingerprint density at radius 3 is 2.47 bits per heavy atom. The summed E-state index contributed by atoms with van der Waals surface area (Å²) >= 11 is 0. The molecule has 6 nitrogen and oxygen atoms in total. The van der Waals surface area contributed by atoms with Crippen LogP contribution < -0.4 is 0 Å². The summed E-state index contributed by atoms with van der Waals surface area (Å²) in [5, 5.41) is 0. The number of carbonyl (C=O) groups excluding carboxylic acids is 2. The SMILES string of the molecule is COCCOCCN1CC(=O)OC(=O)C1. The van der Waals surface area contributed by atoms with Crippen LogP contribution >= 0.6 is 0 Å². The summed E-state index contributed by atoms with van der Waals surface area (Å²) in [6.07, 6.45) is 0. The fourth-order valence-electron chi connectivity index (χ4n) is 1.21. The van der Waals surface area contributed by atoms with Gasteiger partial charge in [-0.05, 0) is 0 Å². The van der Waals surface area contributed by atoms with Gasteiger partial charge in [0.2, 0.25) is 0 Å². The average molecular weight is 217 g/mol. The maximum absolute atomic E-state index is 10.9. The number of morpholine rings is 1. The number of hydrogen-bond donors (Lipinski definition) is 0. The van der Waals surface area contributed by atoms with Gasteiger partial charge in [0.05, 0.1) is 32.9 Å². The van der Waals surface area contributed by atoms with Crippen LogP contribution in [0, 0.1) is 0 Å². The molecule has 0 spiro atoms. The van der Waals surface area contributed by atoms with Crippen molar-refractivity contribution in [2.24, 2.45) is 0 Å². The van der Waals surface area contributed by atoms with Crippen LogP contribution in [0.3, 0.4) is 0 Å². The largest absolute Gasteiger partial charge is 0.391 e. The Hall–Kier alpha value is -0.980. The molecule has 1 heterocycles. The van der Waals surface area contributed by atoms with Crippen LogP contribution in [0.5, 0.6) is 0 Å². The maximum Gasteiger partial charge on any atom is 0.327 e. The molecule has 0 saturated carbocycles. The van der Waals surface area contributed by atoms with E-state index >= 15 is 0 Å².